The molecule has 1 aliphatic heterocycles. The number of hydrogen-bond acceptors (Lipinski definition) is 4. The summed E-state index contributed by atoms with van der Waals surface area (Å²) >= 11 is 0. The summed E-state index contributed by atoms with van der Waals surface area (Å²) in [6.45, 7) is 6.67. The molecule has 4 heteroatoms. The van der Waals surface area contributed by atoms with E-state index in [0.717, 1.165) is 13.1 Å². The van der Waals surface area contributed by atoms with Crippen molar-refractivity contribution < 1.29 is 9.90 Å². The lowest BCUT2D eigenvalue weighted by Crippen LogP contribution is -2.40. The van der Waals surface area contributed by atoms with Gasteiger partial charge < -0.3 is 15.3 Å². The SMILES string of the molecule is CCC1CN(CC)c2ccccc2N1.O=Cc1ccccc1O. The van der Waals surface area contributed by atoms with Crippen molar-refractivity contribution in [3.8, 4) is 5.75 Å². The highest BCUT2D eigenvalue weighted by atomic mass is 16.3. The lowest BCUT2D eigenvalue weighted by atomic mass is 10.1. The Morgan fingerprint density at radius 2 is 1.87 bits per heavy atom. The number of carbonyl (C=O) groups is 1. The summed E-state index contributed by atoms with van der Waals surface area (Å²) in [5, 5.41) is 12.4. The molecule has 0 radical (unpaired) electrons. The fraction of sp³-hybridized carbons (Fsp3) is 0.316. The number of aldehydes is 1. The van der Waals surface area contributed by atoms with Crippen LogP contribution in [0.15, 0.2) is 48.5 Å². The third-order valence-corrected chi connectivity index (χ3v) is 3.98. The number of nitrogens with zero attached hydrogens (tertiary/aromatic N) is 1. The first-order valence-corrected chi connectivity index (χ1v) is 8.03. The van der Waals surface area contributed by atoms with Crippen molar-refractivity contribution in [3.05, 3.63) is 54.1 Å². The van der Waals surface area contributed by atoms with Crippen LogP contribution in [0, 0.1) is 0 Å². The van der Waals surface area contributed by atoms with Gasteiger partial charge in [0.25, 0.3) is 0 Å². The highest BCUT2D eigenvalue weighted by Crippen LogP contribution is 2.30. The number of anilines is 2. The molecule has 0 saturated carbocycles. The van der Waals surface area contributed by atoms with Crippen LogP contribution in [0.3, 0.4) is 0 Å². The molecule has 0 fully saturated rings. The maximum Gasteiger partial charge on any atom is 0.153 e. The van der Waals surface area contributed by atoms with Crippen LogP contribution < -0.4 is 10.2 Å². The number of likely N-dealkylation sites (N-methyl/N-ethyl adjacent to an activating group) is 1. The molecule has 1 heterocycles. The molecular weight excluding hydrogens is 288 g/mol. The molecule has 23 heavy (non-hydrogen) atoms. The average molecular weight is 312 g/mol. The van der Waals surface area contributed by atoms with Crippen LogP contribution in [0.5, 0.6) is 5.75 Å². The van der Waals surface area contributed by atoms with E-state index in [4.69, 9.17) is 5.11 Å². The molecule has 0 bridgehead atoms. The Labute approximate surface area is 137 Å². The smallest absolute Gasteiger partial charge is 0.153 e. The Kier molecular flexibility index (Phi) is 6.03. The minimum Gasteiger partial charge on any atom is -0.507 e. The number of rotatable bonds is 3. The molecule has 3 rings (SSSR count). The monoisotopic (exact) mass is 312 g/mol. The first-order valence-electron chi connectivity index (χ1n) is 8.03. The second kappa shape index (κ2) is 8.22. The molecule has 1 atom stereocenters. The van der Waals surface area contributed by atoms with Gasteiger partial charge in [-0.3, -0.25) is 4.79 Å². The summed E-state index contributed by atoms with van der Waals surface area (Å²) in [7, 11) is 0. The van der Waals surface area contributed by atoms with Crippen molar-refractivity contribution in [2.24, 2.45) is 0 Å². The van der Waals surface area contributed by atoms with E-state index >= 15 is 0 Å². The van der Waals surface area contributed by atoms with Gasteiger partial charge in [-0.1, -0.05) is 31.2 Å². The minimum atomic E-state index is 0.0347. The van der Waals surface area contributed by atoms with Gasteiger partial charge in [-0.25, -0.2) is 0 Å². The van der Waals surface area contributed by atoms with Crippen molar-refractivity contribution in [1.29, 1.82) is 0 Å². The zero-order valence-electron chi connectivity index (χ0n) is 13.7. The lowest BCUT2D eigenvalue weighted by molar-refractivity contribution is 0.112. The van der Waals surface area contributed by atoms with Gasteiger partial charge in [0, 0.05) is 19.1 Å². The van der Waals surface area contributed by atoms with E-state index in [-0.39, 0.29) is 5.75 Å². The molecule has 1 aliphatic rings. The van der Waals surface area contributed by atoms with Crippen LogP contribution in [0.1, 0.15) is 30.6 Å². The first kappa shape index (κ1) is 16.9. The molecular formula is C19H24N2O2. The van der Waals surface area contributed by atoms with Gasteiger partial charge in [0.1, 0.15) is 5.75 Å². The van der Waals surface area contributed by atoms with Crippen molar-refractivity contribution in [2.75, 3.05) is 23.3 Å². The zero-order chi connectivity index (χ0) is 16.7. The van der Waals surface area contributed by atoms with Crippen LogP contribution in [-0.4, -0.2) is 30.5 Å². The number of nitrogens with one attached hydrogen (secondary N) is 1. The van der Waals surface area contributed by atoms with E-state index in [1.54, 1.807) is 18.2 Å². The van der Waals surface area contributed by atoms with Gasteiger partial charge in [0.15, 0.2) is 6.29 Å². The summed E-state index contributed by atoms with van der Waals surface area (Å²) in [6, 6.07) is 15.6. The summed E-state index contributed by atoms with van der Waals surface area (Å²) in [6.07, 6.45) is 1.81. The third kappa shape index (κ3) is 4.25. The quantitative estimate of drug-likeness (QED) is 0.843. The van der Waals surface area contributed by atoms with Crippen LogP contribution in [-0.2, 0) is 0 Å². The third-order valence-electron chi connectivity index (χ3n) is 3.98. The van der Waals surface area contributed by atoms with E-state index in [1.165, 1.54) is 23.9 Å². The average Bonchev–Trinajstić information content (AvgIpc) is 2.61. The minimum absolute atomic E-state index is 0.0347. The van der Waals surface area contributed by atoms with E-state index in [0.29, 0.717) is 17.9 Å². The van der Waals surface area contributed by atoms with E-state index in [9.17, 15) is 4.79 Å². The highest BCUT2D eigenvalue weighted by Gasteiger charge is 2.20. The second-order valence-corrected chi connectivity index (χ2v) is 5.48. The molecule has 1 unspecified atom stereocenters. The molecule has 0 amide bonds. The van der Waals surface area contributed by atoms with Gasteiger partial charge in [-0.05, 0) is 37.6 Å². The maximum absolute atomic E-state index is 10.1. The fourth-order valence-corrected chi connectivity index (χ4v) is 2.62. The molecule has 2 aromatic rings. The van der Waals surface area contributed by atoms with E-state index < -0.39 is 0 Å². The van der Waals surface area contributed by atoms with Crippen LogP contribution >= 0.6 is 0 Å². The molecule has 2 aromatic carbocycles. The number of phenolic OH excluding ortho intramolecular Hbond substituents is 1. The summed E-state index contributed by atoms with van der Waals surface area (Å²) in [4.78, 5) is 12.5. The normalized spacial score (nSPS) is 15.7. The number of para-hydroxylation sites is 3. The highest BCUT2D eigenvalue weighted by molar-refractivity contribution is 5.78. The van der Waals surface area contributed by atoms with Gasteiger partial charge in [0.2, 0.25) is 0 Å². The van der Waals surface area contributed by atoms with Gasteiger partial charge in [0.05, 0.1) is 16.9 Å². The number of phenols is 1. The number of hydrogen-bond donors (Lipinski definition) is 2. The van der Waals surface area contributed by atoms with Gasteiger partial charge >= 0.3 is 0 Å². The van der Waals surface area contributed by atoms with Gasteiger partial charge in [-0.15, -0.1) is 0 Å². The molecule has 0 aliphatic carbocycles. The van der Waals surface area contributed by atoms with Crippen LogP contribution in [0.4, 0.5) is 11.4 Å². The largest absolute Gasteiger partial charge is 0.507 e. The summed E-state index contributed by atoms with van der Waals surface area (Å²) in [5.41, 5.74) is 2.96. The number of carbonyl (C=O) groups excluding carboxylic acids is 1. The summed E-state index contributed by atoms with van der Waals surface area (Å²) in [5.74, 6) is 0.0347. The molecule has 0 saturated heterocycles. The Morgan fingerprint density at radius 1 is 1.17 bits per heavy atom. The van der Waals surface area contributed by atoms with Crippen molar-refractivity contribution in [2.45, 2.75) is 26.3 Å². The zero-order valence-corrected chi connectivity index (χ0v) is 13.7. The van der Waals surface area contributed by atoms with E-state index in [2.05, 4.69) is 48.3 Å². The van der Waals surface area contributed by atoms with Crippen LogP contribution in [0.2, 0.25) is 0 Å². The molecule has 0 spiro atoms. The molecule has 2 N–H and O–H groups in total. The molecule has 0 aromatic heterocycles. The van der Waals surface area contributed by atoms with Crippen molar-refractivity contribution >= 4 is 17.7 Å². The first-order chi connectivity index (χ1) is 11.2. The van der Waals surface area contributed by atoms with Crippen molar-refractivity contribution in [3.63, 3.8) is 0 Å². The fourth-order valence-electron chi connectivity index (χ4n) is 2.62. The topological polar surface area (TPSA) is 52.6 Å². The number of aromatic hydroxyl groups is 1. The maximum atomic E-state index is 10.1. The van der Waals surface area contributed by atoms with E-state index in [1.807, 2.05) is 0 Å². The molecule has 4 nitrogen and oxygen atoms in total. The van der Waals surface area contributed by atoms with Crippen molar-refractivity contribution in [1.82, 2.24) is 0 Å². The predicted octanol–water partition coefficient (Wildman–Crippen LogP) is 3.92. The Morgan fingerprint density at radius 3 is 2.48 bits per heavy atom. The van der Waals surface area contributed by atoms with Crippen LogP contribution in [0.25, 0.3) is 0 Å². The standard InChI is InChI=1S/C12H18N2.C7H6O2/c1-3-10-9-14(4-2)12-8-6-5-7-11(12)13-10;8-5-6-3-1-2-4-7(6)9/h5-8,10,13H,3-4,9H2,1-2H3;1-5,9H. The second-order valence-electron chi connectivity index (χ2n) is 5.48. The Hall–Kier alpha value is -2.49. The molecule has 122 valence electrons. The lowest BCUT2D eigenvalue weighted by Gasteiger charge is -2.36. The Bertz CT molecular complexity index is 643. The number of benzene rings is 2. The Balaban J connectivity index is 0.000000185. The van der Waals surface area contributed by atoms with Gasteiger partial charge in [-0.2, -0.15) is 0 Å². The summed E-state index contributed by atoms with van der Waals surface area (Å²) < 4.78 is 0. The number of fused-ring (bicyclic) bond motifs is 1. The predicted molar refractivity (Wildman–Crippen MR) is 95.5 cm³/mol.